The summed E-state index contributed by atoms with van der Waals surface area (Å²) in [6, 6.07) is 12.7. The molecule has 3 heterocycles. The first-order valence-electron chi connectivity index (χ1n) is 8.44. The molecule has 0 N–H and O–H groups in total. The number of benzene rings is 2. The molecule has 3 aromatic heterocycles. The van der Waals surface area contributed by atoms with Gasteiger partial charge >= 0.3 is 0 Å². The van der Waals surface area contributed by atoms with Crippen molar-refractivity contribution in [1.29, 1.82) is 0 Å². The summed E-state index contributed by atoms with van der Waals surface area (Å²) in [7, 11) is 0. The SMILES string of the molecule is Fc1ccc(OCc2ccccc2-c2nc3c4ccsc4ncn3n2)c(F)c1. The number of nitrogens with zero attached hydrogens (tertiary/aromatic N) is 4. The molecule has 28 heavy (non-hydrogen) atoms. The second-order valence-corrected chi connectivity index (χ2v) is 7.00. The normalized spacial score (nSPS) is 11.4. The van der Waals surface area contributed by atoms with Crippen LogP contribution in [0.3, 0.4) is 0 Å². The molecular weight excluding hydrogens is 382 g/mol. The monoisotopic (exact) mass is 394 g/mol. The van der Waals surface area contributed by atoms with Crippen LogP contribution in [0.15, 0.2) is 60.2 Å². The summed E-state index contributed by atoms with van der Waals surface area (Å²) in [5.41, 5.74) is 2.29. The Morgan fingerprint density at radius 2 is 1.96 bits per heavy atom. The van der Waals surface area contributed by atoms with Crippen LogP contribution in [-0.4, -0.2) is 19.6 Å². The van der Waals surface area contributed by atoms with Crippen LogP contribution in [0.2, 0.25) is 0 Å². The van der Waals surface area contributed by atoms with E-state index in [0.29, 0.717) is 5.82 Å². The number of fused-ring (bicyclic) bond motifs is 3. The third kappa shape index (κ3) is 2.87. The summed E-state index contributed by atoms with van der Waals surface area (Å²) < 4.78 is 34.1. The van der Waals surface area contributed by atoms with Gasteiger partial charge in [0.15, 0.2) is 23.0 Å². The molecule has 0 atom stereocenters. The highest BCUT2D eigenvalue weighted by molar-refractivity contribution is 7.16. The Balaban J connectivity index is 1.52. The molecule has 0 aliphatic rings. The van der Waals surface area contributed by atoms with Gasteiger partial charge in [0.1, 0.15) is 23.6 Å². The zero-order valence-electron chi connectivity index (χ0n) is 14.3. The van der Waals surface area contributed by atoms with Gasteiger partial charge in [-0.25, -0.2) is 23.3 Å². The zero-order valence-corrected chi connectivity index (χ0v) is 15.2. The number of rotatable bonds is 4. The van der Waals surface area contributed by atoms with Crippen LogP contribution in [-0.2, 0) is 6.61 Å². The van der Waals surface area contributed by atoms with E-state index >= 15 is 0 Å². The topological polar surface area (TPSA) is 52.3 Å². The van der Waals surface area contributed by atoms with Gasteiger partial charge in [-0.3, -0.25) is 0 Å². The minimum Gasteiger partial charge on any atom is -0.486 e. The molecule has 5 nitrogen and oxygen atoms in total. The van der Waals surface area contributed by atoms with Gasteiger partial charge in [-0.05, 0) is 23.6 Å². The number of halogens is 2. The van der Waals surface area contributed by atoms with E-state index in [1.807, 2.05) is 35.7 Å². The Labute approximate surface area is 161 Å². The van der Waals surface area contributed by atoms with Crippen LogP contribution in [0.25, 0.3) is 27.3 Å². The molecule has 0 radical (unpaired) electrons. The summed E-state index contributed by atoms with van der Waals surface area (Å²) in [6.45, 7) is 0.0976. The molecule has 5 aromatic rings. The Morgan fingerprint density at radius 1 is 1.07 bits per heavy atom. The molecule has 0 aliphatic heterocycles. The fourth-order valence-electron chi connectivity index (χ4n) is 2.99. The van der Waals surface area contributed by atoms with Crippen LogP contribution in [0.4, 0.5) is 8.78 Å². The maximum absolute atomic E-state index is 13.8. The second kappa shape index (κ2) is 6.65. The van der Waals surface area contributed by atoms with Gasteiger partial charge in [0.25, 0.3) is 0 Å². The lowest BCUT2D eigenvalue weighted by atomic mass is 10.1. The van der Waals surface area contributed by atoms with Gasteiger partial charge in [0.05, 0.1) is 5.39 Å². The molecule has 0 spiro atoms. The minimum atomic E-state index is -0.741. The molecule has 0 unspecified atom stereocenters. The highest BCUT2D eigenvalue weighted by atomic mass is 32.1. The van der Waals surface area contributed by atoms with Crippen molar-refractivity contribution in [1.82, 2.24) is 19.6 Å². The van der Waals surface area contributed by atoms with Crippen LogP contribution < -0.4 is 4.74 Å². The van der Waals surface area contributed by atoms with E-state index in [9.17, 15) is 8.78 Å². The van der Waals surface area contributed by atoms with Crippen molar-refractivity contribution in [3.63, 3.8) is 0 Å². The molecule has 2 aromatic carbocycles. The van der Waals surface area contributed by atoms with E-state index in [0.717, 1.165) is 39.1 Å². The highest BCUT2D eigenvalue weighted by Crippen LogP contribution is 2.27. The summed E-state index contributed by atoms with van der Waals surface area (Å²) >= 11 is 1.54. The van der Waals surface area contributed by atoms with E-state index in [1.54, 1.807) is 22.2 Å². The van der Waals surface area contributed by atoms with E-state index in [1.165, 1.54) is 6.07 Å². The van der Waals surface area contributed by atoms with Gasteiger partial charge in [0, 0.05) is 17.2 Å². The largest absolute Gasteiger partial charge is 0.486 e. The first-order chi connectivity index (χ1) is 13.7. The van der Waals surface area contributed by atoms with Gasteiger partial charge in [-0.15, -0.1) is 16.4 Å². The molecule has 0 amide bonds. The first-order valence-corrected chi connectivity index (χ1v) is 9.32. The van der Waals surface area contributed by atoms with Crippen molar-refractivity contribution >= 4 is 27.2 Å². The smallest absolute Gasteiger partial charge is 0.182 e. The van der Waals surface area contributed by atoms with Crippen molar-refractivity contribution in [2.45, 2.75) is 6.61 Å². The highest BCUT2D eigenvalue weighted by Gasteiger charge is 2.14. The quantitative estimate of drug-likeness (QED) is 0.437. The number of hydrogen-bond acceptors (Lipinski definition) is 5. The van der Waals surface area contributed by atoms with Gasteiger partial charge in [0.2, 0.25) is 0 Å². The second-order valence-electron chi connectivity index (χ2n) is 6.11. The maximum atomic E-state index is 13.8. The van der Waals surface area contributed by atoms with Crippen molar-refractivity contribution < 1.29 is 13.5 Å². The Hall–Kier alpha value is -3.39. The first kappa shape index (κ1) is 16.8. The molecular formula is C20H12F2N4OS. The Bertz CT molecular complexity index is 1310. The molecule has 0 saturated heterocycles. The Morgan fingerprint density at radius 3 is 2.86 bits per heavy atom. The van der Waals surface area contributed by atoms with Crippen molar-refractivity contribution in [2.24, 2.45) is 0 Å². The van der Waals surface area contributed by atoms with Crippen molar-refractivity contribution in [3.05, 3.63) is 77.4 Å². The van der Waals surface area contributed by atoms with Crippen LogP contribution >= 0.6 is 11.3 Å². The molecule has 138 valence electrons. The predicted molar refractivity (Wildman–Crippen MR) is 102 cm³/mol. The lowest BCUT2D eigenvalue weighted by Crippen LogP contribution is -2.00. The van der Waals surface area contributed by atoms with E-state index in [2.05, 4.69) is 15.1 Å². The van der Waals surface area contributed by atoms with Crippen LogP contribution in [0.5, 0.6) is 5.75 Å². The van der Waals surface area contributed by atoms with Gasteiger partial charge < -0.3 is 4.74 Å². The molecule has 0 fully saturated rings. The Kier molecular flexibility index (Phi) is 3.98. The van der Waals surface area contributed by atoms with E-state index < -0.39 is 11.6 Å². The number of hydrogen-bond donors (Lipinski definition) is 0. The lowest BCUT2D eigenvalue weighted by molar-refractivity contribution is 0.289. The average molecular weight is 394 g/mol. The third-order valence-electron chi connectivity index (χ3n) is 4.34. The maximum Gasteiger partial charge on any atom is 0.182 e. The zero-order chi connectivity index (χ0) is 19.1. The lowest BCUT2D eigenvalue weighted by Gasteiger charge is -2.10. The molecule has 0 bridgehead atoms. The van der Waals surface area contributed by atoms with E-state index in [4.69, 9.17) is 4.74 Å². The van der Waals surface area contributed by atoms with Crippen LogP contribution in [0, 0.1) is 11.6 Å². The fraction of sp³-hybridized carbons (Fsp3) is 0.0500. The third-order valence-corrected chi connectivity index (χ3v) is 5.16. The summed E-state index contributed by atoms with van der Waals surface area (Å²) in [5.74, 6) is -0.871. The molecule has 8 heteroatoms. The van der Waals surface area contributed by atoms with Crippen molar-refractivity contribution in [2.75, 3.05) is 0 Å². The predicted octanol–water partition coefficient (Wildman–Crippen LogP) is 4.86. The standard InChI is InChI=1S/C20H12F2N4OS/c21-13-5-6-17(16(22)9-13)27-10-12-3-1-2-4-14(12)18-24-19-15-7-8-28-20(15)23-11-26(19)25-18/h1-9,11H,10H2. The average Bonchev–Trinajstić information content (AvgIpc) is 3.34. The molecule has 5 rings (SSSR count). The summed E-state index contributed by atoms with van der Waals surface area (Å²) in [5, 5.41) is 7.43. The molecule has 0 saturated carbocycles. The summed E-state index contributed by atoms with van der Waals surface area (Å²) in [6.07, 6.45) is 1.64. The number of ether oxygens (including phenoxy) is 1. The fourth-order valence-corrected chi connectivity index (χ4v) is 3.72. The van der Waals surface area contributed by atoms with Crippen LogP contribution in [0.1, 0.15) is 5.56 Å². The number of thiophene rings is 1. The molecule has 0 aliphatic carbocycles. The van der Waals surface area contributed by atoms with Gasteiger partial charge in [-0.1, -0.05) is 24.3 Å². The summed E-state index contributed by atoms with van der Waals surface area (Å²) in [4.78, 5) is 9.94. The van der Waals surface area contributed by atoms with E-state index in [-0.39, 0.29) is 12.4 Å². The van der Waals surface area contributed by atoms with Gasteiger partial charge in [-0.2, -0.15) is 0 Å². The number of aromatic nitrogens is 4. The van der Waals surface area contributed by atoms with Crippen molar-refractivity contribution in [3.8, 4) is 17.1 Å². The minimum absolute atomic E-state index is 0.0108.